The van der Waals surface area contributed by atoms with Crippen LogP contribution in [0.25, 0.3) is 11.0 Å². The number of nitrogens with zero attached hydrogens (tertiary/aromatic N) is 2. The number of carbonyl (C=O) groups is 1. The summed E-state index contributed by atoms with van der Waals surface area (Å²) in [5.74, 6) is 1.50. The van der Waals surface area contributed by atoms with Crippen LogP contribution in [0.5, 0.6) is 5.75 Å². The third-order valence-electron chi connectivity index (χ3n) is 5.75. The minimum atomic E-state index is -0.0515. The highest BCUT2D eigenvalue weighted by Crippen LogP contribution is 2.40. The van der Waals surface area contributed by atoms with Gasteiger partial charge in [0, 0.05) is 18.8 Å². The van der Waals surface area contributed by atoms with Crippen molar-refractivity contribution in [2.75, 3.05) is 7.11 Å². The van der Waals surface area contributed by atoms with Crippen molar-refractivity contribution in [3.8, 4) is 5.75 Å². The zero-order valence-electron chi connectivity index (χ0n) is 15.0. The van der Waals surface area contributed by atoms with E-state index in [-0.39, 0.29) is 17.5 Å². The lowest BCUT2D eigenvalue weighted by molar-refractivity contribution is -0.146. The second-order valence-electron chi connectivity index (χ2n) is 7.84. The molecule has 0 aliphatic heterocycles. The molecule has 2 aliphatic carbocycles. The van der Waals surface area contributed by atoms with Crippen LogP contribution >= 0.6 is 0 Å². The van der Waals surface area contributed by atoms with Gasteiger partial charge in [-0.3, -0.25) is 9.78 Å². The van der Waals surface area contributed by atoms with E-state index in [1.807, 2.05) is 6.20 Å². The van der Waals surface area contributed by atoms with Crippen molar-refractivity contribution >= 4 is 17.0 Å². The second-order valence-corrected chi connectivity index (χ2v) is 7.84. The van der Waals surface area contributed by atoms with Crippen LogP contribution in [-0.4, -0.2) is 28.2 Å². The van der Waals surface area contributed by atoms with Crippen LogP contribution < -0.4 is 4.74 Å². The van der Waals surface area contributed by atoms with Crippen LogP contribution in [0.15, 0.2) is 24.5 Å². The van der Waals surface area contributed by atoms with Gasteiger partial charge in [-0.2, -0.15) is 0 Å². The predicted octanol–water partition coefficient (Wildman–Crippen LogP) is 3.95. The Morgan fingerprint density at radius 2 is 2.08 bits per heavy atom. The maximum atomic E-state index is 11.7. The molecule has 0 aromatic carbocycles. The van der Waals surface area contributed by atoms with Gasteiger partial charge >= 0.3 is 5.97 Å². The second kappa shape index (κ2) is 6.36. The molecule has 0 unspecified atom stereocenters. The number of aromatic nitrogens is 2. The maximum absolute atomic E-state index is 11.7. The van der Waals surface area contributed by atoms with Gasteiger partial charge in [0.05, 0.1) is 30.3 Å². The van der Waals surface area contributed by atoms with Gasteiger partial charge in [0.1, 0.15) is 11.4 Å². The molecule has 0 saturated heterocycles. The van der Waals surface area contributed by atoms with Crippen molar-refractivity contribution in [1.29, 1.82) is 0 Å². The average molecular weight is 342 g/mol. The SMILES string of the molecule is COC(=O)[C@H]1CC[C@H](Cn2ccc3ncc(OC4(C)CC4)cc32)CC1. The van der Waals surface area contributed by atoms with E-state index in [1.165, 1.54) is 7.11 Å². The quantitative estimate of drug-likeness (QED) is 0.772. The third kappa shape index (κ3) is 3.51. The van der Waals surface area contributed by atoms with Gasteiger partial charge in [-0.1, -0.05) is 0 Å². The van der Waals surface area contributed by atoms with Crippen LogP contribution in [-0.2, 0) is 16.1 Å². The average Bonchev–Trinajstić information content (AvgIpc) is 3.22. The Kier molecular flexibility index (Phi) is 4.18. The molecule has 0 atom stereocenters. The zero-order valence-corrected chi connectivity index (χ0v) is 15.0. The summed E-state index contributed by atoms with van der Waals surface area (Å²) in [6.07, 6.45) is 10.2. The van der Waals surface area contributed by atoms with Gasteiger partial charge < -0.3 is 14.0 Å². The lowest BCUT2D eigenvalue weighted by Gasteiger charge is -2.27. The number of methoxy groups -OCH3 is 1. The Morgan fingerprint density at radius 1 is 1.32 bits per heavy atom. The summed E-state index contributed by atoms with van der Waals surface area (Å²) in [5.41, 5.74) is 2.16. The van der Waals surface area contributed by atoms with Crippen LogP contribution in [0.4, 0.5) is 0 Å². The summed E-state index contributed by atoms with van der Waals surface area (Å²) >= 11 is 0. The van der Waals surface area contributed by atoms with E-state index in [4.69, 9.17) is 9.47 Å². The molecule has 2 aliphatic rings. The molecule has 0 bridgehead atoms. The molecule has 2 fully saturated rings. The van der Waals surface area contributed by atoms with E-state index < -0.39 is 0 Å². The molecule has 5 heteroatoms. The number of rotatable bonds is 5. The first-order chi connectivity index (χ1) is 12.1. The molecule has 4 rings (SSSR count). The molecule has 2 heterocycles. The maximum Gasteiger partial charge on any atom is 0.308 e. The molecule has 2 saturated carbocycles. The third-order valence-corrected chi connectivity index (χ3v) is 5.75. The molecule has 2 aromatic heterocycles. The summed E-state index contributed by atoms with van der Waals surface area (Å²) in [7, 11) is 1.48. The Hall–Kier alpha value is -2.04. The number of esters is 1. The molecule has 134 valence electrons. The lowest BCUT2D eigenvalue weighted by Crippen LogP contribution is -2.24. The highest BCUT2D eigenvalue weighted by molar-refractivity contribution is 5.77. The van der Waals surface area contributed by atoms with E-state index in [0.29, 0.717) is 5.92 Å². The Labute approximate surface area is 148 Å². The van der Waals surface area contributed by atoms with E-state index >= 15 is 0 Å². The fourth-order valence-electron chi connectivity index (χ4n) is 3.85. The summed E-state index contributed by atoms with van der Waals surface area (Å²) in [6.45, 7) is 3.12. The molecule has 0 radical (unpaired) electrons. The van der Waals surface area contributed by atoms with Crippen molar-refractivity contribution in [1.82, 2.24) is 9.55 Å². The van der Waals surface area contributed by atoms with Gasteiger partial charge in [-0.15, -0.1) is 0 Å². The van der Waals surface area contributed by atoms with Gasteiger partial charge in [-0.25, -0.2) is 0 Å². The first kappa shape index (κ1) is 16.4. The summed E-state index contributed by atoms with van der Waals surface area (Å²) in [4.78, 5) is 16.2. The van der Waals surface area contributed by atoms with E-state index in [1.54, 1.807) is 0 Å². The Bertz CT molecular complexity index is 770. The molecule has 5 nitrogen and oxygen atoms in total. The highest BCUT2D eigenvalue weighted by atomic mass is 16.5. The van der Waals surface area contributed by atoms with Crippen molar-refractivity contribution in [3.05, 3.63) is 24.5 Å². The number of fused-ring (bicyclic) bond motifs is 1. The van der Waals surface area contributed by atoms with Gasteiger partial charge in [0.25, 0.3) is 0 Å². The Morgan fingerprint density at radius 3 is 2.76 bits per heavy atom. The minimum absolute atomic E-state index is 0.0129. The first-order valence-electron chi connectivity index (χ1n) is 9.28. The van der Waals surface area contributed by atoms with Crippen molar-refractivity contribution in [2.45, 2.75) is 57.6 Å². The molecular formula is C20H26N2O3. The van der Waals surface area contributed by atoms with Crippen molar-refractivity contribution in [2.24, 2.45) is 11.8 Å². The van der Waals surface area contributed by atoms with Crippen LogP contribution in [0.3, 0.4) is 0 Å². The summed E-state index contributed by atoms with van der Waals surface area (Å²) < 4.78 is 13.2. The fraction of sp³-hybridized carbons (Fsp3) is 0.600. The summed E-state index contributed by atoms with van der Waals surface area (Å²) in [5, 5.41) is 0. The highest BCUT2D eigenvalue weighted by Gasteiger charge is 2.40. The molecule has 25 heavy (non-hydrogen) atoms. The predicted molar refractivity (Wildman–Crippen MR) is 95.5 cm³/mol. The molecule has 2 aromatic rings. The number of pyridine rings is 1. The first-order valence-corrected chi connectivity index (χ1v) is 9.28. The molecule has 0 amide bonds. The number of ether oxygens (including phenoxy) is 2. The molecular weight excluding hydrogens is 316 g/mol. The normalized spacial score (nSPS) is 24.9. The van der Waals surface area contributed by atoms with E-state index in [0.717, 1.165) is 61.9 Å². The van der Waals surface area contributed by atoms with E-state index in [2.05, 4.69) is 34.8 Å². The molecule has 0 spiro atoms. The van der Waals surface area contributed by atoms with Crippen LogP contribution in [0, 0.1) is 11.8 Å². The van der Waals surface area contributed by atoms with E-state index in [9.17, 15) is 4.79 Å². The minimum Gasteiger partial charge on any atom is -0.486 e. The molecule has 0 N–H and O–H groups in total. The van der Waals surface area contributed by atoms with Gasteiger partial charge in [0.15, 0.2) is 0 Å². The van der Waals surface area contributed by atoms with Crippen LogP contribution in [0.1, 0.15) is 45.4 Å². The van der Waals surface area contributed by atoms with Gasteiger partial charge in [-0.05, 0) is 57.4 Å². The lowest BCUT2D eigenvalue weighted by atomic mass is 9.82. The van der Waals surface area contributed by atoms with Crippen molar-refractivity contribution < 1.29 is 14.3 Å². The topological polar surface area (TPSA) is 53.4 Å². The standard InChI is InChI=1S/C20H26N2O3/c1-20(8-9-20)25-16-11-18-17(21-12-16)7-10-22(18)13-14-3-5-15(6-4-14)19(23)24-2/h7,10-12,14-15H,3-6,8-9,13H2,1-2H3/t14-,15-. The summed E-state index contributed by atoms with van der Waals surface area (Å²) in [6, 6.07) is 4.18. The monoisotopic (exact) mass is 342 g/mol. The smallest absolute Gasteiger partial charge is 0.308 e. The van der Waals surface area contributed by atoms with Crippen LogP contribution in [0.2, 0.25) is 0 Å². The Balaban J connectivity index is 1.44. The fourth-order valence-corrected chi connectivity index (χ4v) is 3.85. The number of hydrogen-bond acceptors (Lipinski definition) is 4. The zero-order chi connectivity index (χ0) is 17.4. The number of carbonyl (C=O) groups excluding carboxylic acids is 1. The van der Waals surface area contributed by atoms with Crippen molar-refractivity contribution in [3.63, 3.8) is 0 Å². The number of hydrogen-bond donors (Lipinski definition) is 0. The largest absolute Gasteiger partial charge is 0.486 e. The van der Waals surface area contributed by atoms with Gasteiger partial charge in [0.2, 0.25) is 0 Å².